The molecular formula is C17H28BrN3. The number of piperazine rings is 1. The number of hydrogen-bond donors (Lipinski definition) is 1. The van der Waals surface area contributed by atoms with E-state index in [0.717, 1.165) is 39.3 Å². The fraction of sp³-hybridized carbons (Fsp3) is 0.647. The molecule has 0 bridgehead atoms. The molecule has 1 N–H and O–H groups in total. The minimum atomic E-state index is 0.277. The van der Waals surface area contributed by atoms with E-state index in [9.17, 15) is 0 Å². The van der Waals surface area contributed by atoms with Crippen molar-refractivity contribution in [1.29, 1.82) is 0 Å². The first-order chi connectivity index (χ1) is 9.91. The van der Waals surface area contributed by atoms with E-state index in [0.29, 0.717) is 0 Å². The Hall–Kier alpha value is -0.580. The second-order valence-corrected chi connectivity index (χ2v) is 7.57. The second kappa shape index (κ2) is 7.12. The zero-order valence-electron chi connectivity index (χ0n) is 13.7. The highest BCUT2D eigenvalue weighted by Gasteiger charge is 2.26. The van der Waals surface area contributed by atoms with E-state index in [-0.39, 0.29) is 5.54 Å². The lowest BCUT2D eigenvalue weighted by Gasteiger charge is -2.43. The van der Waals surface area contributed by atoms with Gasteiger partial charge >= 0.3 is 0 Å². The standard InChI is InChI=1S/C17H28BrN3/c1-5-19-13-14-6-7-16(15(18)12-14)20-8-10-21(11-9-20)17(2,3)4/h6-7,12,19H,5,8-11,13H2,1-4H3. The van der Waals surface area contributed by atoms with Crippen LogP contribution in [0.3, 0.4) is 0 Å². The lowest BCUT2D eigenvalue weighted by Crippen LogP contribution is -2.53. The fourth-order valence-corrected chi connectivity index (χ4v) is 3.48. The van der Waals surface area contributed by atoms with Gasteiger partial charge in [-0.1, -0.05) is 13.0 Å². The van der Waals surface area contributed by atoms with Gasteiger partial charge < -0.3 is 10.2 Å². The smallest absolute Gasteiger partial charge is 0.0511 e. The lowest BCUT2D eigenvalue weighted by atomic mass is 10.0. The van der Waals surface area contributed by atoms with Crippen molar-refractivity contribution in [2.75, 3.05) is 37.6 Å². The summed E-state index contributed by atoms with van der Waals surface area (Å²) in [4.78, 5) is 5.06. The summed E-state index contributed by atoms with van der Waals surface area (Å²) in [5, 5.41) is 3.37. The molecule has 0 radical (unpaired) electrons. The van der Waals surface area contributed by atoms with Crippen molar-refractivity contribution in [1.82, 2.24) is 10.2 Å². The predicted molar refractivity (Wildman–Crippen MR) is 95.1 cm³/mol. The quantitative estimate of drug-likeness (QED) is 0.893. The van der Waals surface area contributed by atoms with Gasteiger partial charge in [-0.15, -0.1) is 0 Å². The van der Waals surface area contributed by atoms with Gasteiger partial charge in [0.25, 0.3) is 0 Å². The first kappa shape index (κ1) is 16.8. The molecule has 0 aliphatic carbocycles. The summed E-state index contributed by atoms with van der Waals surface area (Å²) >= 11 is 3.75. The zero-order valence-corrected chi connectivity index (χ0v) is 15.3. The lowest BCUT2D eigenvalue weighted by molar-refractivity contribution is 0.128. The first-order valence-electron chi connectivity index (χ1n) is 7.91. The summed E-state index contributed by atoms with van der Waals surface area (Å²) < 4.78 is 1.21. The highest BCUT2D eigenvalue weighted by Crippen LogP contribution is 2.29. The van der Waals surface area contributed by atoms with Crippen LogP contribution in [0.1, 0.15) is 33.3 Å². The highest BCUT2D eigenvalue weighted by molar-refractivity contribution is 9.10. The van der Waals surface area contributed by atoms with Gasteiger partial charge in [0.15, 0.2) is 0 Å². The third-order valence-electron chi connectivity index (χ3n) is 4.16. The summed E-state index contributed by atoms with van der Waals surface area (Å²) in [5.74, 6) is 0. The molecule has 4 heteroatoms. The van der Waals surface area contributed by atoms with E-state index < -0.39 is 0 Å². The Balaban J connectivity index is 2.00. The van der Waals surface area contributed by atoms with Crippen molar-refractivity contribution in [2.45, 2.75) is 39.8 Å². The van der Waals surface area contributed by atoms with Crippen molar-refractivity contribution in [2.24, 2.45) is 0 Å². The molecule has 1 aromatic rings. The molecule has 3 nitrogen and oxygen atoms in total. The molecule has 1 saturated heterocycles. The topological polar surface area (TPSA) is 18.5 Å². The Morgan fingerprint density at radius 1 is 1.14 bits per heavy atom. The summed E-state index contributed by atoms with van der Waals surface area (Å²) in [5.41, 5.74) is 2.93. The Morgan fingerprint density at radius 3 is 2.33 bits per heavy atom. The molecule has 21 heavy (non-hydrogen) atoms. The molecule has 0 atom stereocenters. The maximum Gasteiger partial charge on any atom is 0.0511 e. The van der Waals surface area contributed by atoms with Crippen LogP contribution in [-0.2, 0) is 6.54 Å². The molecule has 1 aliphatic heterocycles. The molecular weight excluding hydrogens is 326 g/mol. The molecule has 0 saturated carbocycles. The molecule has 118 valence electrons. The summed E-state index contributed by atoms with van der Waals surface area (Å²) in [6.45, 7) is 15.4. The van der Waals surface area contributed by atoms with Gasteiger partial charge in [0.2, 0.25) is 0 Å². The second-order valence-electron chi connectivity index (χ2n) is 6.71. The summed E-state index contributed by atoms with van der Waals surface area (Å²) in [6, 6.07) is 6.73. The average molecular weight is 354 g/mol. The largest absolute Gasteiger partial charge is 0.368 e. The average Bonchev–Trinajstić information content (AvgIpc) is 2.44. The van der Waals surface area contributed by atoms with Crippen LogP contribution in [-0.4, -0.2) is 43.2 Å². The molecule has 1 aliphatic rings. The SMILES string of the molecule is CCNCc1ccc(N2CCN(C(C)(C)C)CC2)c(Br)c1. The van der Waals surface area contributed by atoms with Crippen molar-refractivity contribution < 1.29 is 0 Å². The van der Waals surface area contributed by atoms with Crippen LogP contribution in [0.15, 0.2) is 22.7 Å². The third-order valence-corrected chi connectivity index (χ3v) is 4.80. The Labute approximate surface area is 137 Å². The van der Waals surface area contributed by atoms with Crippen LogP contribution < -0.4 is 10.2 Å². The molecule has 1 heterocycles. The molecule has 1 fully saturated rings. The maximum atomic E-state index is 3.75. The van der Waals surface area contributed by atoms with Crippen molar-refractivity contribution in [3.05, 3.63) is 28.2 Å². The van der Waals surface area contributed by atoms with Gasteiger partial charge in [0, 0.05) is 42.7 Å². The van der Waals surface area contributed by atoms with Crippen LogP contribution >= 0.6 is 15.9 Å². The van der Waals surface area contributed by atoms with E-state index in [4.69, 9.17) is 0 Å². The summed E-state index contributed by atoms with van der Waals surface area (Å²) in [6.07, 6.45) is 0. The van der Waals surface area contributed by atoms with Crippen molar-refractivity contribution in [3.63, 3.8) is 0 Å². The van der Waals surface area contributed by atoms with E-state index in [1.54, 1.807) is 0 Å². The number of hydrogen-bond acceptors (Lipinski definition) is 3. The Morgan fingerprint density at radius 2 is 1.81 bits per heavy atom. The van der Waals surface area contributed by atoms with Gasteiger partial charge in [-0.05, 0) is 60.9 Å². The highest BCUT2D eigenvalue weighted by atomic mass is 79.9. The zero-order chi connectivity index (χ0) is 15.5. The van der Waals surface area contributed by atoms with Crippen LogP contribution in [0, 0.1) is 0 Å². The van der Waals surface area contributed by atoms with E-state index in [1.165, 1.54) is 15.7 Å². The number of halogens is 1. The van der Waals surface area contributed by atoms with Gasteiger partial charge in [-0.25, -0.2) is 0 Å². The molecule has 0 unspecified atom stereocenters. The van der Waals surface area contributed by atoms with Gasteiger partial charge in [-0.2, -0.15) is 0 Å². The predicted octanol–water partition coefficient (Wildman–Crippen LogP) is 3.48. The van der Waals surface area contributed by atoms with Gasteiger partial charge in [0.05, 0.1) is 5.69 Å². The van der Waals surface area contributed by atoms with Crippen molar-refractivity contribution >= 4 is 21.6 Å². The minimum Gasteiger partial charge on any atom is -0.368 e. The maximum absolute atomic E-state index is 3.75. The molecule has 2 rings (SSSR count). The van der Waals surface area contributed by atoms with Crippen LogP contribution in [0.25, 0.3) is 0 Å². The third kappa shape index (κ3) is 4.44. The fourth-order valence-electron chi connectivity index (χ4n) is 2.80. The van der Waals surface area contributed by atoms with Gasteiger partial charge in [0.1, 0.15) is 0 Å². The number of nitrogens with zero attached hydrogens (tertiary/aromatic N) is 2. The van der Waals surface area contributed by atoms with Crippen LogP contribution in [0.2, 0.25) is 0 Å². The Kier molecular flexibility index (Phi) is 5.69. The molecule has 0 spiro atoms. The normalized spacial score (nSPS) is 17.3. The number of nitrogens with one attached hydrogen (secondary N) is 1. The number of anilines is 1. The van der Waals surface area contributed by atoms with E-state index in [1.807, 2.05) is 0 Å². The van der Waals surface area contributed by atoms with E-state index >= 15 is 0 Å². The van der Waals surface area contributed by atoms with Gasteiger partial charge in [-0.3, -0.25) is 4.90 Å². The van der Waals surface area contributed by atoms with Crippen molar-refractivity contribution in [3.8, 4) is 0 Å². The van der Waals surface area contributed by atoms with E-state index in [2.05, 4.69) is 76.9 Å². The molecule has 0 amide bonds. The van der Waals surface area contributed by atoms with Crippen LogP contribution in [0.4, 0.5) is 5.69 Å². The molecule has 0 aromatic heterocycles. The minimum absolute atomic E-state index is 0.277. The summed E-state index contributed by atoms with van der Waals surface area (Å²) in [7, 11) is 0. The first-order valence-corrected chi connectivity index (χ1v) is 8.70. The monoisotopic (exact) mass is 353 g/mol. The number of benzene rings is 1. The number of rotatable bonds is 4. The Bertz CT molecular complexity index is 460. The molecule has 1 aromatic carbocycles. The van der Waals surface area contributed by atoms with Crippen LogP contribution in [0.5, 0.6) is 0 Å².